The third kappa shape index (κ3) is 3.61. The smallest absolute Gasteiger partial charge is 0.326 e. The lowest BCUT2D eigenvalue weighted by Crippen LogP contribution is -2.44. The summed E-state index contributed by atoms with van der Waals surface area (Å²) in [5, 5.41) is 11.5. The first-order chi connectivity index (χ1) is 8.86. The lowest BCUT2D eigenvalue weighted by atomic mass is 10.0. The highest BCUT2D eigenvalue weighted by Gasteiger charge is 2.24. The Labute approximate surface area is 111 Å². The van der Waals surface area contributed by atoms with Gasteiger partial charge < -0.3 is 20.9 Å². The van der Waals surface area contributed by atoms with Gasteiger partial charge in [-0.05, 0) is 18.1 Å². The highest BCUT2D eigenvalue weighted by atomic mass is 16.5. The fraction of sp³-hybridized carbons (Fsp3) is 0.385. The molecule has 0 bridgehead atoms. The van der Waals surface area contributed by atoms with E-state index in [2.05, 4.69) is 5.32 Å². The first-order valence-electron chi connectivity index (χ1n) is 5.84. The number of carboxylic acids is 1. The van der Waals surface area contributed by atoms with Gasteiger partial charge in [-0.3, -0.25) is 4.79 Å². The highest BCUT2D eigenvalue weighted by Crippen LogP contribution is 2.19. The minimum absolute atomic E-state index is 0.221. The Bertz CT molecular complexity index is 486. The van der Waals surface area contributed by atoms with Gasteiger partial charge in [0.15, 0.2) is 0 Å². The predicted molar refractivity (Wildman–Crippen MR) is 71.1 cm³/mol. The molecule has 0 aromatic heterocycles. The van der Waals surface area contributed by atoms with Crippen LogP contribution in [0.3, 0.4) is 0 Å². The van der Waals surface area contributed by atoms with Crippen molar-refractivity contribution in [3.63, 3.8) is 0 Å². The van der Waals surface area contributed by atoms with Crippen LogP contribution in [0.25, 0.3) is 0 Å². The van der Waals surface area contributed by atoms with Crippen LogP contribution in [0.1, 0.15) is 24.2 Å². The van der Waals surface area contributed by atoms with Gasteiger partial charge in [-0.2, -0.15) is 0 Å². The molecule has 0 aliphatic carbocycles. The Morgan fingerprint density at radius 2 is 2.00 bits per heavy atom. The number of ether oxygens (including phenoxy) is 1. The van der Waals surface area contributed by atoms with E-state index in [0.29, 0.717) is 5.75 Å². The van der Waals surface area contributed by atoms with E-state index in [-0.39, 0.29) is 17.2 Å². The Hall–Kier alpha value is -2.24. The molecule has 1 aromatic carbocycles. The molecular formula is C13H18N2O4. The van der Waals surface area contributed by atoms with E-state index in [1.807, 2.05) is 0 Å². The van der Waals surface area contributed by atoms with Crippen LogP contribution in [0.2, 0.25) is 0 Å². The second-order valence-electron chi connectivity index (χ2n) is 4.49. The molecule has 19 heavy (non-hydrogen) atoms. The number of carbonyl (C=O) groups excluding carboxylic acids is 1. The van der Waals surface area contributed by atoms with E-state index in [4.69, 9.17) is 15.6 Å². The number of hydrogen-bond donors (Lipinski definition) is 3. The molecule has 0 radical (unpaired) electrons. The van der Waals surface area contributed by atoms with Crippen LogP contribution in [0, 0.1) is 5.92 Å². The van der Waals surface area contributed by atoms with E-state index >= 15 is 0 Å². The molecule has 1 amide bonds. The average molecular weight is 266 g/mol. The number of aliphatic carboxylic acids is 1. The standard InChI is InChI=1S/C13H18N2O4/c1-7(2)11(13(17)18)15-12(16)9-5-4-8(19-3)6-10(9)14/h4-7,11H,14H2,1-3H3,(H,15,16)(H,17,18). The lowest BCUT2D eigenvalue weighted by Gasteiger charge is -2.18. The number of rotatable bonds is 5. The van der Waals surface area contributed by atoms with E-state index in [1.165, 1.54) is 19.2 Å². The van der Waals surface area contributed by atoms with Crippen LogP contribution in [0.15, 0.2) is 18.2 Å². The maximum atomic E-state index is 12.0. The first-order valence-corrected chi connectivity index (χ1v) is 5.84. The fourth-order valence-electron chi connectivity index (χ4n) is 1.61. The first kappa shape index (κ1) is 14.8. The van der Waals surface area contributed by atoms with Crippen molar-refractivity contribution in [2.45, 2.75) is 19.9 Å². The molecule has 1 rings (SSSR count). The number of nitrogens with two attached hydrogens (primary N) is 1. The number of carboxylic acid groups (broad SMARTS) is 1. The Balaban J connectivity index is 2.91. The summed E-state index contributed by atoms with van der Waals surface area (Å²) in [5.74, 6) is -1.27. The molecular weight excluding hydrogens is 248 g/mol. The van der Waals surface area contributed by atoms with Gasteiger partial charge in [0.1, 0.15) is 11.8 Å². The Morgan fingerprint density at radius 3 is 2.42 bits per heavy atom. The third-order valence-electron chi connectivity index (χ3n) is 2.72. The van der Waals surface area contributed by atoms with Crippen molar-refractivity contribution in [3.8, 4) is 5.75 Å². The zero-order chi connectivity index (χ0) is 14.6. The Kier molecular flexibility index (Phi) is 4.74. The number of nitrogens with one attached hydrogen (secondary N) is 1. The summed E-state index contributed by atoms with van der Waals surface area (Å²) in [5.41, 5.74) is 6.21. The molecule has 0 aliphatic rings. The molecule has 104 valence electrons. The third-order valence-corrected chi connectivity index (χ3v) is 2.72. The van der Waals surface area contributed by atoms with Crippen LogP contribution in [0.4, 0.5) is 5.69 Å². The van der Waals surface area contributed by atoms with E-state index in [1.54, 1.807) is 19.9 Å². The van der Waals surface area contributed by atoms with Crippen LogP contribution in [-0.2, 0) is 4.79 Å². The van der Waals surface area contributed by atoms with Crippen LogP contribution in [-0.4, -0.2) is 30.1 Å². The summed E-state index contributed by atoms with van der Waals surface area (Å²) in [4.78, 5) is 23.0. The zero-order valence-electron chi connectivity index (χ0n) is 11.1. The monoisotopic (exact) mass is 266 g/mol. The molecule has 0 saturated heterocycles. The predicted octanol–water partition coefficient (Wildman–Crippen LogP) is 1.12. The van der Waals surface area contributed by atoms with Gasteiger partial charge in [-0.1, -0.05) is 13.8 Å². The summed E-state index contributed by atoms with van der Waals surface area (Å²) >= 11 is 0. The van der Waals surface area contributed by atoms with Crippen molar-refractivity contribution in [1.82, 2.24) is 5.32 Å². The lowest BCUT2D eigenvalue weighted by molar-refractivity contribution is -0.140. The quantitative estimate of drug-likeness (QED) is 0.693. The van der Waals surface area contributed by atoms with Crippen molar-refractivity contribution in [3.05, 3.63) is 23.8 Å². The van der Waals surface area contributed by atoms with Crippen LogP contribution < -0.4 is 15.8 Å². The molecule has 1 unspecified atom stereocenters. The summed E-state index contributed by atoms with van der Waals surface area (Å²) in [6.07, 6.45) is 0. The van der Waals surface area contributed by atoms with Crippen molar-refractivity contribution in [2.24, 2.45) is 5.92 Å². The SMILES string of the molecule is COc1ccc(C(=O)NC(C(=O)O)C(C)C)c(N)c1. The van der Waals surface area contributed by atoms with Gasteiger partial charge >= 0.3 is 5.97 Å². The van der Waals surface area contributed by atoms with Crippen molar-refractivity contribution in [1.29, 1.82) is 0 Å². The van der Waals surface area contributed by atoms with Crippen molar-refractivity contribution < 1.29 is 19.4 Å². The van der Waals surface area contributed by atoms with E-state index < -0.39 is 17.9 Å². The normalized spacial score (nSPS) is 12.0. The van der Waals surface area contributed by atoms with Gasteiger partial charge in [0.25, 0.3) is 5.91 Å². The van der Waals surface area contributed by atoms with E-state index in [9.17, 15) is 9.59 Å². The summed E-state index contributed by atoms with van der Waals surface area (Å²) in [6.45, 7) is 3.44. The number of hydrogen-bond acceptors (Lipinski definition) is 4. The summed E-state index contributed by atoms with van der Waals surface area (Å²) in [7, 11) is 1.49. The molecule has 1 atom stereocenters. The number of nitrogen functional groups attached to an aromatic ring is 1. The number of amides is 1. The average Bonchev–Trinajstić information content (AvgIpc) is 2.34. The molecule has 1 aromatic rings. The van der Waals surface area contributed by atoms with E-state index in [0.717, 1.165) is 0 Å². The topological polar surface area (TPSA) is 102 Å². The van der Waals surface area contributed by atoms with Crippen LogP contribution in [0.5, 0.6) is 5.75 Å². The van der Waals surface area contributed by atoms with Gasteiger partial charge in [-0.25, -0.2) is 4.79 Å². The number of benzene rings is 1. The Morgan fingerprint density at radius 1 is 1.37 bits per heavy atom. The molecule has 6 heteroatoms. The fourth-order valence-corrected chi connectivity index (χ4v) is 1.61. The molecule has 0 aliphatic heterocycles. The molecule has 0 saturated carbocycles. The minimum atomic E-state index is -1.07. The van der Waals surface area contributed by atoms with Gasteiger partial charge in [0.2, 0.25) is 0 Å². The number of methoxy groups -OCH3 is 1. The van der Waals surface area contributed by atoms with Crippen molar-refractivity contribution >= 4 is 17.6 Å². The van der Waals surface area contributed by atoms with Gasteiger partial charge in [0.05, 0.1) is 12.7 Å². The zero-order valence-corrected chi connectivity index (χ0v) is 11.1. The highest BCUT2D eigenvalue weighted by molar-refractivity contribution is 6.01. The van der Waals surface area contributed by atoms with Gasteiger partial charge in [0, 0.05) is 11.8 Å². The maximum absolute atomic E-state index is 12.0. The summed E-state index contributed by atoms with van der Waals surface area (Å²) < 4.78 is 4.98. The molecule has 0 spiro atoms. The molecule has 6 nitrogen and oxygen atoms in total. The summed E-state index contributed by atoms with van der Waals surface area (Å²) in [6, 6.07) is 3.66. The van der Waals surface area contributed by atoms with Crippen molar-refractivity contribution in [2.75, 3.05) is 12.8 Å². The molecule has 0 fully saturated rings. The second-order valence-corrected chi connectivity index (χ2v) is 4.49. The minimum Gasteiger partial charge on any atom is -0.497 e. The molecule has 4 N–H and O–H groups in total. The second kappa shape index (κ2) is 6.08. The molecule has 0 heterocycles. The number of carbonyl (C=O) groups is 2. The number of anilines is 1. The van der Waals surface area contributed by atoms with Crippen LogP contribution >= 0.6 is 0 Å². The van der Waals surface area contributed by atoms with Gasteiger partial charge in [-0.15, -0.1) is 0 Å². The maximum Gasteiger partial charge on any atom is 0.326 e. The largest absolute Gasteiger partial charge is 0.497 e.